The highest BCUT2D eigenvalue weighted by Gasteiger charge is 2.16. The highest BCUT2D eigenvalue weighted by Crippen LogP contribution is 2.30. The Kier molecular flexibility index (Phi) is 4.99. The Labute approximate surface area is 166 Å². The minimum Gasteiger partial charge on any atom is -0.508 e. The number of nitrogens with one attached hydrogen (secondary N) is 1. The molecule has 27 heavy (non-hydrogen) atoms. The quantitative estimate of drug-likeness (QED) is 0.584. The van der Waals surface area contributed by atoms with Gasteiger partial charge in [0.25, 0.3) is 0 Å². The summed E-state index contributed by atoms with van der Waals surface area (Å²) < 4.78 is 2.61. The molecule has 2 heterocycles. The predicted octanol–water partition coefficient (Wildman–Crippen LogP) is 5.29. The molecule has 2 aromatic heterocycles. The van der Waals surface area contributed by atoms with Crippen molar-refractivity contribution in [1.82, 2.24) is 14.6 Å². The van der Waals surface area contributed by atoms with Gasteiger partial charge in [-0.05, 0) is 52.4 Å². The van der Waals surface area contributed by atoms with Crippen LogP contribution in [0.25, 0.3) is 11.2 Å². The predicted molar refractivity (Wildman–Crippen MR) is 112 cm³/mol. The van der Waals surface area contributed by atoms with Crippen molar-refractivity contribution in [2.45, 2.75) is 32.7 Å². The van der Waals surface area contributed by atoms with Gasteiger partial charge < -0.3 is 10.4 Å². The maximum Gasteiger partial charge on any atom is 0.172 e. The number of fused-ring (bicyclic) bond motifs is 1. The fourth-order valence-corrected chi connectivity index (χ4v) is 3.56. The zero-order chi connectivity index (χ0) is 18.8. The largest absolute Gasteiger partial charge is 0.508 e. The molecule has 4 rings (SSSR count). The third-order valence-electron chi connectivity index (χ3n) is 4.79. The maximum absolute atomic E-state index is 10.3. The van der Waals surface area contributed by atoms with Crippen molar-refractivity contribution in [3.8, 4) is 0 Å². The Morgan fingerprint density at radius 3 is 2.74 bits per heavy atom. The number of aryl methyl sites for hydroxylation is 1. The minimum absolute atomic E-state index is 0.287. The van der Waals surface area contributed by atoms with E-state index in [1.807, 2.05) is 12.1 Å². The van der Waals surface area contributed by atoms with Crippen LogP contribution >= 0.6 is 15.9 Å². The first-order chi connectivity index (χ1) is 13.2. The summed E-state index contributed by atoms with van der Waals surface area (Å²) >= 11 is 3.52. The molecule has 0 bridgehead atoms. The normalized spacial score (nSPS) is 14.1. The molecule has 5 nitrogen and oxygen atoms in total. The Hall–Kier alpha value is -2.60. The number of rotatable bonds is 5. The maximum atomic E-state index is 10.3. The molecule has 2 N–H and O–H groups in total. The zero-order valence-corrected chi connectivity index (χ0v) is 16.7. The third kappa shape index (κ3) is 3.62. The topological polar surface area (TPSA) is 62.5 Å². The van der Waals surface area contributed by atoms with E-state index in [-0.39, 0.29) is 5.76 Å². The molecule has 0 atom stereocenters. The van der Waals surface area contributed by atoms with Gasteiger partial charge in [-0.1, -0.05) is 37.3 Å². The van der Waals surface area contributed by atoms with Gasteiger partial charge in [0.15, 0.2) is 5.65 Å². The van der Waals surface area contributed by atoms with Crippen LogP contribution in [0.1, 0.15) is 36.6 Å². The van der Waals surface area contributed by atoms with Gasteiger partial charge in [-0.15, -0.1) is 0 Å². The summed E-state index contributed by atoms with van der Waals surface area (Å²) in [4.78, 5) is 4.71. The number of benzene rings is 1. The van der Waals surface area contributed by atoms with Crippen LogP contribution in [0.15, 0.2) is 58.9 Å². The van der Waals surface area contributed by atoms with Gasteiger partial charge in [0.05, 0.1) is 16.4 Å². The fraction of sp³-hybridized carbons (Fsp3) is 0.238. The molecule has 3 aromatic rings. The average Bonchev–Trinajstić information content (AvgIpc) is 3.08. The molecule has 0 fully saturated rings. The molecule has 0 saturated carbocycles. The van der Waals surface area contributed by atoms with Crippen LogP contribution in [0.3, 0.4) is 0 Å². The van der Waals surface area contributed by atoms with Crippen LogP contribution in [0.5, 0.6) is 0 Å². The van der Waals surface area contributed by atoms with Gasteiger partial charge in [-0.2, -0.15) is 9.61 Å². The van der Waals surface area contributed by atoms with Gasteiger partial charge >= 0.3 is 0 Å². The van der Waals surface area contributed by atoms with E-state index in [0.717, 1.165) is 46.5 Å². The molecule has 6 heteroatoms. The first-order valence-electron chi connectivity index (χ1n) is 9.10. The lowest BCUT2D eigenvalue weighted by atomic mass is 10.0. The number of nitrogens with zero attached hydrogens (tertiary/aromatic N) is 3. The molecule has 0 amide bonds. The Morgan fingerprint density at radius 2 is 2.00 bits per heavy atom. The lowest BCUT2D eigenvalue weighted by Crippen LogP contribution is -2.08. The van der Waals surface area contributed by atoms with Crippen molar-refractivity contribution in [3.63, 3.8) is 0 Å². The molecule has 1 aliphatic carbocycles. The van der Waals surface area contributed by atoms with Gasteiger partial charge in [0, 0.05) is 18.2 Å². The Balaban J connectivity index is 1.69. The first-order valence-corrected chi connectivity index (χ1v) is 9.90. The van der Waals surface area contributed by atoms with Gasteiger partial charge in [0.1, 0.15) is 11.6 Å². The number of aliphatic hydroxyl groups is 1. The lowest BCUT2D eigenvalue weighted by molar-refractivity contribution is 0.431. The van der Waals surface area contributed by atoms with E-state index in [1.54, 1.807) is 16.8 Å². The summed E-state index contributed by atoms with van der Waals surface area (Å²) in [7, 11) is 0. The molecular formula is C21H21BrN4O. The van der Waals surface area contributed by atoms with Crippen LogP contribution < -0.4 is 5.32 Å². The Bertz CT molecular complexity index is 1030. The van der Waals surface area contributed by atoms with Crippen LogP contribution in [-0.2, 0) is 13.0 Å². The van der Waals surface area contributed by atoms with E-state index in [1.165, 1.54) is 11.1 Å². The second-order valence-corrected chi connectivity index (χ2v) is 7.44. The van der Waals surface area contributed by atoms with E-state index in [4.69, 9.17) is 4.98 Å². The fourth-order valence-electron chi connectivity index (χ4n) is 3.21. The molecule has 0 radical (unpaired) electrons. The highest BCUT2D eigenvalue weighted by molar-refractivity contribution is 9.10. The number of halogens is 1. The van der Waals surface area contributed by atoms with E-state index >= 15 is 0 Å². The van der Waals surface area contributed by atoms with E-state index in [2.05, 4.69) is 57.5 Å². The number of aromatic nitrogens is 3. The molecule has 1 aromatic carbocycles. The smallest absolute Gasteiger partial charge is 0.172 e. The van der Waals surface area contributed by atoms with Crippen LogP contribution in [-0.4, -0.2) is 19.7 Å². The number of hydrogen-bond acceptors (Lipinski definition) is 4. The first kappa shape index (κ1) is 17.8. The summed E-state index contributed by atoms with van der Waals surface area (Å²) in [6.07, 6.45) is 8.18. The average molecular weight is 425 g/mol. The third-order valence-corrected chi connectivity index (χ3v) is 5.35. The van der Waals surface area contributed by atoms with Crippen LogP contribution in [0.2, 0.25) is 0 Å². The van der Waals surface area contributed by atoms with Crippen molar-refractivity contribution >= 4 is 33.0 Å². The highest BCUT2D eigenvalue weighted by atomic mass is 79.9. The SMILES string of the molecule is CCc1ccc(CNc2cc(C3=C(O)C=CCC3)nc3c(Br)cnn23)cc1. The van der Waals surface area contributed by atoms with E-state index < -0.39 is 0 Å². The summed E-state index contributed by atoms with van der Waals surface area (Å²) in [5, 5.41) is 18.1. The standard InChI is InChI=1S/C21H21BrN4O/c1-2-14-7-9-15(10-8-14)12-23-20-11-18(16-5-3-4-6-19(16)27)25-21-17(22)13-24-26(20)21/h4,6-11,13,23,27H,2-3,5,12H2,1H3. The van der Waals surface area contributed by atoms with Gasteiger partial charge in [-0.3, -0.25) is 0 Å². The second-order valence-electron chi connectivity index (χ2n) is 6.58. The van der Waals surface area contributed by atoms with Crippen LogP contribution in [0.4, 0.5) is 5.82 Å². The molecule has 1 aliphatic rings. The summed E-state index contributed by atoms with van der Waals surface area (Å²) in [5.74, 6) is 1.13. The lowest BCUT2D eigenvalue weighted by Gasteiger charge is -2.15. The van der Waals surface area contributed by atoms with Crippen molar-refractivity contribution in [3.05, 3.63) is 75.7 Å². The summed E-state index contributed by atoms with van der Waals surface area (Å²) in [5.41, 5.74) is 4.90. The van der Waals surface area contributed by atoms with Gasteiger partial charge in [0.2, 0.25) is 0 Å². The van der Waals surface area contributed by atoms with Crippen molar-refractivity contribution in [1.29, 1.82) is 0 Å². The number of hydrogen-bond donors (Lipinski definition) is 2. The summed E-state index contributed by atoms with van der Waals surface area (Å²) in [6.45, 7) is 2.84. The molecular weight excluding hydrogens is 404 g/mol. The molecule has 0 unspecified atom stereocenters. The number of aliphatic hydroxyl groups excluding tert-OH is 1. The molecule has 0 spiro atoms. The Morgan fingerprint density at radius 1 is 1.22 bits per heavy atom. The monoisotopic (exact) mass is 424 g/mol. The number of anilines is 1. The van der Waals surface area contributed by atoms with Crippen molar-refractivity contribution in [2.24, 2.45) is 0 Å². The number of allylic oxidation sites excluding steroid dienone is 3. The minimum atomic E-state index is 0.287. The van der Waals surface area contributed by atoms with Crippen molar-refractivity contribution in [2.75, 3.05) is 5.32 Å². The molecule has 0 saturated heterocycles. The van der Waals surface area contributed by atoms with Crippen molar-refractivity contribution < 1.29 is 5.11 Å². The van der Waals surface area contributed by atoms with Crippen LogP contribution in [0, 0.1) is 0 Å². The summed E-state index contributed by atoms with van der Waals surface area (Å²) in [6, 6.07) is 10.6. The van der Waals surface area contributed by atoms with E-state index in [9.17, 15) is 5.11 Å². The molecule has 138 valence electrons. The van der Waals surface area contributed by atoms with E-state index in [0.29, 0.717) is 6.54 Å². The molecule has 0 aliphatic heterocycles. The second kappa shape index (κ2) is 7.56. The zero-order valence-electron chi connectivity index (χ0n) is 15.1. The van der Waals surface area contributed by atoms with Gasteiger partial charge in [-0.25, -0.2) is 4.98 Å².